The van der Waals surface area contributed by atoms with Gasteiger partial charge in [-0.25, -0.2) is 9.07 Å². The second kappa shape index (κ2) is 8.99. The monoisotopic (exact) mass is 401 g/mol. The zero-order valence-electron chi connectivity index (χ0n) is 15.7. The van der Waals surface area contributed by atoms with Crippen LogP contribution in [0.15, 0.2) is 48.5 Å². The Balaban J connectivity index is 1.70. The van der Waals surface area contributed by atoms with Crippen molar-refractivity contribution in [3.05, 3.63) is 81.9 Å². The molecule has 5 nitrogen and oxygen atoms in total. The molecule has 0 atom stereocenters. The Hall–Kier alpha value is -2.70. The Labute approximate surface area is 168 Å². The second-order valence-corrected chi connectivity index (χ2v) is 6.63. The number of benzene rings is 2. The highest BCUT2D eigenvalue weighted by Gasteiger charge is 2.21. The molecule has 7 heteroatoms. The molecule has 0 aliphatic rings. The molecule has 0 aliphatic heterocycles. The zero-order valence-corrected chi connectivity index (χ0v) is 16.5. The number of nitrogens with one attached hydrogen (secondary N) is 1. The molecule has 0 saturated heterocycles. The van der Waals surface area contributed by atoms with Crippen molar-refractivity contribution in [2.45, 2.75) is 27.0 Å². The second-order valence-electron chi connectivity index (χ2n) is 6.28. The number of rotatable bonds is 7. The summed E-state index contributed by atoms with van der Waals surface area (Å²) in [5.74, 6) is -0.664. The van der Waals surface area contributed by atoms with E-state index >= 15 is 0 Å². The van der Waals surface area contributed by atoms with Crippen LogP contribution in [-0.4, -0.2) is 22.3 Å². The number of aryl methyl sites for hydroxylation is 1. The first-order valence-corrected chi connectivity index (χ1v) is 9.32. The van der Waals surface area contributed by atoms with Gasteiger partial charge in [0.1, 0.15) is 11.0 Å². The van der Waals surface area contributed by atoms with E-state index in [1.54, 1.807) is 19.1 Å². The summed E-state index contributed by atoms with van der Waals surface area (Å²) in [6, 6.07) is 13.6. The molecule has 0 bridgehead atoms. The van der Waals surface area contributed by atoms with E-state index in [0.717, 1.165) is 11.1 Å². The third-order valence-electron chi connectivity index (χ3n) is 4.25. The SMILES string of the molecule is CCOCc1ccc(CNC(=O)c2c(C)nn(-c3ccc(F)cc3)c2Cl)cc1. The molecule has 1 N–H and O–H groups in total. The van der Waals surface area contributed by atoms with Crippen molar-refractivity contribution in [2.24, 2.45) is 0 Å². The van der Waals surface area contributed by atoms with Gasteiger partial charge in [0, 0.05) is 13.2 Å². The van der Waals surface area contributed by atoms with Gasteiger partial charge in [-0.1, -0.05) is 35.9 Å². The minimum Gasteiger partial charge on any atom is -0.377 e. The van der Waals surface area contributed by atoms with Crippen LogP contribution in [0.25, 0.3) is 5.69 Å². The zero-order chi connectivity index (χ0) is 20.1. The summed E-state index contributed by atoms with van der Waals surface area (Å²) >= 11 is 6.38. The Bertz CT molecular complexity index is 953. The maximum absolute atomic E-state index is 13.1. The molecule has 0 fully saturated rings. The van der Waals surface area contributed by atoms with E-state index in [4.69, 9.17) is 16.3 Å². The molecule has 146 valence electrons. The number of halogens is 2. The van der Waals surface area contributed by atoms with Gasteiger partial charge in [-0.3, -0.25) is 4.79 Å². The van der Waals surface area contributed by atoms with Crippen molar-refractivity contribution in [2.75, 3.05) is 6.61 Å². The number of hydrogen-bond acceptors (Lipinski definition) is 3. The molecular formula is C21H21ClFN3O2. The Morgan fingerprint density at radius 1 is 1.14 bits per heavy atom. The van der Waals surface area contributed by atoms with Gasteiger partial charge in [-0.15, -0.1) is 0 Å². The lowest BCUT2D eigenvalue weighted by atomic mass is 10.1. The van der Waals surface area contributed by atoms with Gasteiger partial charge < -0.3 is 10.1 Å². The smallest absolute Gasteiger partial charge is 0.256 e. The van der Waals surface area contributed by atoms with E-state index in [1.807, 2.05) is 31.2 Å². The number of aromatic nitrogens is 2. The van der Waals surface area contributed by atoms with Crippen molar-refractivity contribution in [3.8, 4) is 5.69 Å². The number of amides is 1. The van der Waals surface area contributed by atoms with Crippen LogP contribution in [0, 0.1) is 12.7 Å². The lowest BCUT2D eigenvalue weighted by Crippen LogP contribution is -2.23. The first kappa shape index (κ1) is 20.0. The molecule has 1 amide bonds. The summed E-state index contributed by atoms with van der Waals surface area (Å²) in [6.45, 7) is 5.27. The van der Waals surface area contributed by atoms with Crippen molar-refractivity contribution in [3.63, 3.8) is 0 Å². The average Bonchev–Trinajstić information content (AvgIpc) is 3.00. The topological polar surface area (TPSA) is 56.1 Å². The molecule has 0 saturated carbocycles. The quantitative estimate of drug-likeness (QED) is 0.636. The van der Waals surface area contributed by atoms with Crippen molar-refractivity contribution in [1.82, 2.24) is 15.1 Å². The predicted molar refractivity (Wildman–Crippen MR) is 106 cm³/mol. The fraction of sp³-hybridized carbons (Fsp3) is 0.238. The maximum atomic E-state index is 13.1. The highest BCUT2D eigenvalue weighted by molar-refractivity contribution is 6.33. The third kappa shape index (κ3) is 4.58. The molecule has 28 heavy (non-hydrogen) atoms. The Morgan fingerprint density at radius 2 is 1.79 bits per heavy atom. The largest absolute Gasteiger partial charge is 0.377 e. The lowest BCUT2D eigenvalue weighted by Gasteiger charge is -2.07. The first-order chi connectivity index (χ1) is 13.5. The first-order valence-electron chi connectivity index (χ1n) is 8.94. The van der Waals surface area contributed by atoms with Crippen LogP contribution in [0.4, 0.5) is 4.39 Å². The normalized spacial score (nSPS) is 10.9. The van der Waals surface area contributed by atoms with E-state index in [1.165, 1.54) is 16.8 Å². The molecule has 1 heterocycles. The fourth-order valence-electron chi connectivity index (χ4n) is 2.75. The van der Waals surface area contributed by atoms with E-state index in [2.05, 4.69) is 10.4 Å². The Kier molecular flexibility index (Phi) is 6.44. The highest BCUT2D eigenvalue weighted by Crippen LogP contribution is 2.23. The van der Waals surface area contributed by atoms with Gasteiger partial charge in [0.25, 0.3) is 5.91 Å². The lowest BCUT2D eigenvalue weighted by molar-refractivity contribution is 0.0950. The number of carbonyl (C=O) groups is 1. The predicted octanol–water partition coefficient (Wildman–Crippen LogP) is 4.44. The van der Waals surface area contributed by atoms with Gasteiger partial charge in [-0.2, -0.15) is 5.10 Å². The highest BCUT2D eigenvalue weighted by atomic mass is 35.5. The molecular weight excluding hydrogens is 381 g/mol. The molecule has 1 aromatic heterocycles. The number of nitrogens with zero attached hydrogens (tertiary/aromatic N) is 2. The molecule has 3 aromatic rings. The molecule has 0 radical (unpaired) electrons. The van der Waals surface area contributed by atoms with E-state index in [-0.39, 0.29) is 16.9 Å². The van der Waals surface area contributed by atoms with E-state index in [9.17, 15) is 9.18 Å². The summed E-state index contributed by atoms with van der Waals surface area (Å²) in [4.78, 5) is 12.6. The standard InChI is InChI=1S/C21H21ClFN3O2/c1-3-28-13-16-6-4-15(5-7-16)12-24-21(27)19-14(2)25-26(20(19)22)18-10-8-17(23)9-11-18/h4-11H,3,12-13H2,1-2H3,(H,24,27). The molecule has 3 rings (SSSR count). The van der Waals surface area contributed by atoms with Gasteiger partial charge in [0.05, 0.1) is 23.6 Å². The fourth-order valence-corrected chi connectivity index (χ4v) is 3.11. The summed E-state index contributed by atoms with van der Waals surface area (Å²) in [6.07, 6.45) is 0. The van der Waals surface area contributed by atoms with Gasteiger partial charge in [0.15, 0.2) is 0 Å². The summed E-state index contributed by atoms with van der Waals surface area (Å²) in [7, 11) is 0. The molecule has 0 spiro atoms. The van der Waals surface area contributed by atoms with Crippen LogP contribution < -0.4 is 5.32 Å². The van der Waals surface area contributed by atoms with Crippen LogP contribution in [0.5, 0.6) is 0 Å². The van der Waals surface area contributed by atoms with Crippen LogP contribution in [0.2, 0.25) is 5.15 Å². The number of ether oxygens (including phenoxy) is 1. The van der Waals surface area contributed by atoms with Gasteiger partial charge >= 0.3 is 0 Å². The van der Waals surface area contributed by atoms with Gasteiger partial charge in [0.2, 0.25) is 0 Å². The number of carbonyl (C=O) groups excluding carboxylic acids is 1. The Morgan fingerprint density at radius 3 is 2.43 bits per heavy atom. The van der Waals surface area contributed by atoms with E-state index < -0.39 is 0 Å². The third-order valence-corrected chi connectivity index (χ3v) is 4.60. The van der Waals surface area contributed by atoms with Gasteiger partial charge in [-0.05, 0) is 49.2 Å². The summed E-state index contributed by atoms with van der Waals surface area (Å²) < 4.78 is 19.9. The van der Waals surface area contributed by atoms with E-state index in [0.29, 0.717) is 36.7 Å². The molecule has 2 aromatic carbocycles. The minimum atomic E-state index is -0.353. The summed E-state index contributed by atoms with van der Waals surface area (Å²) in [5, 5.41) is 7.37. The molecule has 0 unspecified atom stereocenters. The van der Waals surface area contributed by atoms with Crippen LogP contribution in [-0.2, 0) is 17.9 Å². The van der Waals surface area contributed by atoms with Crippen LogP contribution in [0.1, 0.15) is 34.1 Å². The van der Waals surface area contributed by atoms with Crippen molar-refractivity contribution < 1.29 is 13.9 Å². The maximum Gasteiger partial charge on any atom is 0.256 e. The number of hydrogen-bond donors (Lipinski definition) is 1. The molecule has 0 aliphatic carbocycles. The van der Waals surface area contributed by atoms with Crippen LogP contribution >= 0.6 is 11.6 Å². The minimum absolute atomic E-state index is 0.189. The van der Waals surface area contributed by atoms with Crippen molar-refractivity contribution >= 4 is 17.5 Å². The van der Waals surface area contributed by atoms with Crippen LogP contribution in [0.3, 0.4) is 0 Å². The average molecular weight is 402 g/mol. The summed E-state index contributed by atoms with van der Waals surface area (Å²) in [5.41, 5.74) is 3.43. The van der Waals surface area contributed by atoms with Crippen molar-refractivity contribution in [1.29, 1.82) is 0 Å².